The first-order valence-electron chi connectivity index (χ1n) is 8.04. The van der Waals surface area contributed by atoms with E-state index < -0.39 is 0 Å². The van der Waals surface area contributed by atoms with E-state index in [1.165, 1.54) is 18.4 Å². The predicted molar refractivity (Wildman–Crippen MR) is 89.1 cm³/mol. The van der Waals surface area contributed by atoms with Gasteiger partial charge in [-0.2, -0.15) is 0 Å². The lowest BCUT2D eigenvalue weighted by Gasteiger charge is -2.21. The SMILES string of the molecule is CCCCN(CCO)CCOc1ccc(C(C)(C)C)cc1. The van der Waals surface area contributed by atoms with Gasteiger partial charge in [-0.05, 0) is 36.1 Å². The third-order valence-electron chi connectivity index (χ3n) is 3.64. The van der Waals surface area contributed by atoms with Crippen LogP contribution >= 0.6 is 0 Å². The predicted octanol–water partition coefficient (Wildman–Crippen LogP) is 3.46. The number of benzene rings is 1. The second-order valence-corrected chi connectivity index (χ2v) is 6.54. The highest BCUT2D eigenvalue weighted by atomic mass is 16.5. The molecule has 3 heteroatoms. The Labute approximate surface area is 129 Å². The number of ether oxygens (including phenoxy) is 1. The van der Waals surface area contributed by atoms with Gasteiger partial charge in [-0.25, -0.2) is 0 Å². The maximum absolute atomic E-state index is 9.08. The molecule has 0 aliphatic heterocycles. The van der Waals surface area contributed by atoms with Crippen LogP contribution in [-0.2, 0) is 5.41 Å². The van der Waals surface area contributed by atoms with Crippen LogP contribution in [0, 0.1) is 0 Å². The van der Waals surface area contributed by atoms with E-state index in [1.54, 1.807) is 0 Å². The van der Waals surface area contributed by atoms with Gasteiger partial charge in [0, 0.05) is 13.1 Å². The Morgan fingerprint density at radius 2 is 1.71 bits per heavy atom. The van der Waals surface area contributed by atoms with E-state index in [0.29, 0.717) is 6.61 Å². The van der Waals surface area contributed by atoms with Gasteiger partial charge in [0.15, 0.2) is 0 Å². The largest absolute Gasteiger partial charge is 0.492 e. The smallest absolute Gasteiger partial charge is 0.119 e. The first-order chi connectivity index (χ1) is 9.97. The summed E-state index contributed by atoms with van der Waals surface area (Å²) >= 11 is 0. The molecule has 0 bridgehead atoms. The van der Waals surface area contributed by atoms with Crippen molar-refractivity contribution in [1.29, 1.82) is 0 Å². The Morgan fingerprint density at radius 3 is 2.24 bits per heavy atom. The van der Waals surface area contributed by atoms with E-state index in [4.69, 9.17) is 9.84 Å². The van der Waals surface area contributed by atoms with Crippen molar-refractivity contribution in [1.82, 2.24) is 4.90 Å². The number of hydrogen-bond donors (Lipinski definition) is 1. The molecule has 3 nitrogen and oxygen atoms in total. The van der Waals surface area contributed by atoms with E-state index in [0.717, 1.165) is 25.4 Å². The highest BCUT2D eigenvalue weighted by molar-refractivity contribution is 5.31. The van der Waals surface area contributed by atoms with Crippen LogP contribution in [0.25, 0.3) is 0 Å². The molecule has 0 heterocycles. The lowest BCUT2D eigenvalue weighted by atomic mass is 9.87. The van der Waals surface area contributed by atoms with Crippen molar-refractivity contribution < 1.29 is 9.84 Å². The molecule has 0 radical (unpaired) electrons. The number of unbranched alkanes of at least 4 members (excludes halogenated alkanes) is 1. The Balaban J connectivity index is 2.40. The van der Waals surface area contributed by atoms with Crippen molar-refractivity contribution in [2.45, 2.75) is 46.0 Å². The number of aliphatic hydroxyl groups excluding tert-OH is 1. The van der Waals surface area contributed by atoms with Crippen LogP contribution in [0.5, 0.6) is 5.75 Å². The summed E-state index contributed by atoms with van der Waals surface area (Å²) in [6, 6.07) is 8.36. The molecule has 1 aromatic carbocycles. The average Bonchev–Trinajstić information content (AvgIpc) is 2.44. The van der Waals surface area contributed by atoms with Gasteiger partial charge < -0.3 is 9.84 Å². The third-order valence-corrected chi connectivity index (χ3v) is 3.64. The second-order valence-electron chi connectivity index (χ2n) is 6.54. The first-order valence-corrected chi connectivity index (χ1v) is 8.04. The van der Waals surface area contributed by atoms with Crippen LogP contribution in [0.15, 0.2) is 24.3 Å². The highest BCUT2D eigenvalue weighted by Crippen LogP contribution is 2.24. The van der Waals surface area contributed by atoms with Gasteiger partial charge >= 0.3 is 0 Å². The van der Waals surface area contributed by atoms with Crippen LogP contribution in [0.4, 0.5) is 0 Å². The minimum atomic E-state index is 0.177. The number of rotatable bonds is 9. The van der Waals surface area contributed by atoms with Crippen LogP contribution in [-0.4, -0.2) is 42.9 Å². The zero-order valence-corrected chi connectivity index (χ0v) is 14.1. The molecule has 1 aromatic rings. The number of hydrogen-bond acceptors (Lipinski definition) is 3. The minimum absolute atomic E-state index is 0.177. The van der Waals surface area contributed by atoms with Crippen molar-refractivity contribution in [2.75, 3.05) is 32.8 Å². The van der Waals surface area contributed by atoms with E-state index >= 15 is 0 Å². The summed E-state index contributed by atoms with van der Waals surface area (Å²) in [7, 11) is 0. The molecule has 0 saturated heterocycles. The van der Waals surface area contributed by atoms with Gasteiger partial charge in [0.1, 0.15) is 12.4 Å². The number of nitrogens with zero attached hydrogens (tertiary/aromatic N) is 1. The molecule has 0 unspecified atom stereocenters. The van der Waals surface area contributed by atoms with E-state index in [9.17, 15) is 0 Å². The third kappa shape index (κ3) is 6.96. The molecule has 0 aliphatic rings. The first kappa shape index (κ1) is 18.0. The quantitative estimate of drug-likeness (QED) is 0.757. The topological polar surface area (TPSA) is 32.7 Å². The molecule has 0 saturated carbocycles. The maximum Gasteiger partial charge on any atom is 0.119 e. The molecule has 0 atom stereocenters. The summed E-state index contributed by atoms with van der Waals surface area (Å²) in [6.45, 7) is 12.3. The Hall–Kier alpha value is -1.06. The fraction of sp³-hybridized carbons (Fsp3) is 0.667. The van der Waals surface area contributed by atoms with Crippen molar-refractivity contribution in [3.63, 3.8) is 0 Å². The lowest BCUT2D eigenvalue weighted by Crippen LogP contribution is -2.32. The standard InChI is InChI=1S/C18H31NO2/c1-5-6-11-19(12-14-20)13-15-21-17-9-7-16(8-10-17)18(2,3)4/h7-10,20H,5-6,11-15H2,1-4H3. The fourth-order valence-electron chi connectivity index (χ4n) is 2.20. The molecule has 0 fully saturated rings. The molecule has 0 amide bonds. The van der Waals surface area contributed by atoms with Crippen molar-refractivity contribution in [3.05, 3.63) is 29.8 Å². The van der Waals surface area contributed by atoms with Crippen molar-refractivity contribution in [3.8, 4) is 5.75 Å². The molecule has 21 heavy (non-hydrogen) atoms. The van der Waals surface area contributed by atoms with Crippen molar-refractivity contribution in [2.24, 2.45) is 0 Å². The summed E-state index contributed by atoms with van der Waals surface area (Å²) in [4.78, 5) is 2.26. The molecule has 1 rings (SSSR count). The van der Waals surface area contributed by atoms with Crippen LogP contribution in [0.3, 0.4) is 0 Å². The second kappa shape index (κ2) is 9.06. The van der Waals surface area contributed by atoms with Gasteiger partial charge in [-0.15, -0.1) is 0 Å². The Morgan fingerprint density at radius 1 is 1.05 bits per heavy atom. The zero-order valence-electron chi connectivity index (χ0n) is 14.1. The van der Waals surface area contributed by atoms with Gasteiger partial charge in [-0.1, -0.05) is 46.2 Å². The molecule has 0 spiro atoms. The monoisotopic (exact) mass is 293 g/mol. The summed E-state index contributed by atoms with van der Waals surface area (Å²) in [6.07, 6.45) is 2.34. The van der Waals surface area contributed by atoms with Gasteiger partial charge in [-0.3, -0.25) is 4.90 Å². The minimum Gasteiger partial charge on any atom is -0.492 e. The molecule has 0 aliphatic carbocycles. The molecule has 1 N–H and O–H groups in total. The van der Waals surface area contributed by atoms with E-state index in [2.05, 4.69) is 44.7 Å². The summed E-state index contributed by atoms with van der Waals surface area (Å²) in [5.74, 6) is 0.919. The molecular weight excluding hydrogens is 262 g/mol. The van der Waals surface area contributed by atoms with E-state index in [1.807, 2.05) is 12.1 Å². The molecule has 120 valence electrons. The van der Waals surface area contributed by atoms with Crippen molar-refractivity contribution >= 4 is 0 Å². The lowest BCUT2D eigenvalue weighted by molar-refractivity contribution is 0.167. The summed E-state index contributed by atoms with van der Waals surface area (Å²) < 4.78 is 5.81. The molecular formula is C18H31NO2. The number of aliphatic hydroxyl groups is 1. The maximum atomic E-state index is 9.08. The zero-order chi connectivity index (χ0) is 15.7. The highest BCUT2D eigenvalue weighted by Gasteiger charge is 2.13. The van der Waals surface area contributed by atoms with Gasteiger partial charge in [0.05, 0.1) is 6.61 Å². The molecule has 0 aromatic heterocycles. The summed E-state index contributed by atoms with van der Waals surface area (Å²) in [5.41, 5.74) is 1.50. The average molecular weight is 293 g/mol. The van der Waals surface area contributed by atoms with Crippen LogP contribution in [0.1, 0.15) is 46.1 Å². The van der Waals surface area contributed by atoms with Crippen LogP contribution < -0.4 is 4.74 Å². The Kier molecular flexibility index (Phi) is 7.76. The van der Waals surface area contributed by atoms with Crippen LogP contribution in [0.2, 0.25) is 0 Å². The summed E-state index contributed by atoms with van der Waals surface area (Å²) in [5, 5.41) is 9.08. The van der Waals surface area contributed by atoms with Gasteiger partial charge in [0.2, 0.25) is 0 Å². The van der Waals surface area contributed by atoms with E-state index in [-0.39, 0.29) is 12.0 Å². The van der Waals surface area contributed by atoms with Gasteiger partial charge in [0.25, 0.3) is 0 Å². The fourth-order valence-corrected chi connectivity index (χ4v) is 2.20. The Bertz CT molecular complexity index is 381. The normalized spacial score (nSPS) is 11.9.